The SMILES string of the molecule is Cc1ccc(Cc2cc(C)nc([C@@H]3CN(C(=O)c4n[nH]c5ccc(C)cc45)CCO3)c2)cc1. The van der Waals surface area contributed by atoms with Gasteiger partial charge in [-0.15, -0.1) is 0 Å². The van der Waals surface area contributed by atoms with E-state index in [4.69, 9.17) is 9.72 Å². The Balaban J connectivity index is 1.37. The Morgan fingerprint density at radius 1 is 1.03 bits per heavy atom. The second kappa shape index (κ2) is 8.79. The van der Waals surface area contributed by atoms with Crippen molar-refractivity contribution in [3.63, 3.8) is 0 Å². The van der Waals surface area contributed by atoms with E-state index in [2.05, 4.69) is 53.5 Å². The number of nitrogens with one attached hydrogen (secondary N) is 1. The maximum atomic E-state index is 13.3. The molecule has 168 valence electrons. The van der Waals surface area contributed by atoms with Crippen molar-refractivity contribution in [1.82, 2.24) is 20.1 Å². The zero-order valence-corrected chi connectivity index (χ0v) is 19.3. The van der Waals surface area contributed by atoms with Crippen molar-refractivity contribution >= 4 is 16.8 Å². The van der Waals surface area contributed by atoms with E-state index in [1.807, 2.05) is 36.9 Å². The molecule has 2 aromatic heterocycles. The maximum Gasteiger partial charge on any atom is 0.275 e. The van der Waals surface area contributed by atoms with Gasteiger partial charge in [0.05, 0.1) is 24.4 Å². The van der Waals surface area contributed by atoms with Crippen LogP contribution in [0.5, 0.6) is 0 Å². The molecule has 2 aromatic carbocycles. The fourth-order valence-corrected chi connectivity index (χ4v) is 4.43. The predicted octanol–water partition coefficient (Wildman–Crippen LogP) is 4.69. The summed E-state index contributed by atoms with van der Waals surface area (Å²) in [4.78, 5) is 19.9. The van der Waals surface area contributed by atoms with Gasteiger partial charge in [-0.2, -0.15) is 5.10 Å². The number of amides is 1. The number of H-pyrrole nitrogens is 1. The van der Waals surface area contributed by atoms with E-state index in [9.17, 15) is 4.79 Å². The van der Waals surface area contributed by atoms with Gasteiger partial charge < -0.3 is 9.64 Å². The van der Waals surface area contributed by atoms with Gasteiger partial charge in [-0.1, -0.05) is 41.5 Å². The lowest BCUT2D eigenvalue weighted by Crippen LogP contribution is -2.42. The van der Waals surface area contributed by atoms with Gasteiger partial charge in [-0.3, -0.25) is 14.9 Å². The third-order valence-electron chi connectivity index (χ3n) is 6.17. The molecule has 0 spiro atoms. The number of aryl methyl sites for hydroxylation is 3. The van der Waals surface area contributed by atoms with Crippen molar-refractivity contribution in [3.05, 3.63) is 93.9 Å². The van der Waals surface area contributed by atoms with Gasteiger partial charge in [0.25, 0.3) is 5.91 Å². The highest BCUT2D eigenvalue weighted by Gasteiger charge is 2.29. The molecular weight excluding hydrogens is 412 g/mol. The van der Waals surface area contributed by atoms with Crippen molar-refractivity contribution in [2.24, 2.45) is 0 Å². The summed E-state index contributed by atoms with van der Waals surface area (Å²) in [6, 6.07) is 18.8. The molecule has 0 unspecified atom stereocenters. The van der Waals surface area contributed by atoms with E-state index in [1.165, 1.54) is 16.7 Å². The first-order valence-corrected chi connectivity index (χ1v) is 11.3. The first-order valence-electron chi connectivity index (χ1n) is 11.3. The number of nitrogens with zero attached hydrogens (tertiary/aromatic N) is 3. The number of carbonyl (C=O) groups is 1. The molecule has 1 N–H and O–H groups in total. The van der Waals surface area contributed by atoms with Crippen molar-refractivity contribution in [2.45, 2.75) is 33.3 Å². The summed E-state index contributed by atoms with van der Waals surface area (Å²) in [5, 5.41) is 8.16. The second-order valence-electron chi connectivity index (χ2n) is 8.94. The van der Waals surface area contributed by atoms with Gasteiger partial charge in [0, 0.05) is 17.6 Å². The van der Waals surface area contributed by atoms with Gasteiger partial charge in [-0.05, 0) is 62.6 Å². The molecule has 6 heteroatoms. The molecule has 6 nitrogen and oxygen atoms in total. The summed E-state index contributed by atoms with van der Waals surface area (Å²) in [5.74, 6) is -0.0762. The first kappa shape index (κ1) is 21.3. The lowest BCUT2D eigenvalue weighted by atomic mass is 10.0. The first-order chi connectivity index (χ1) is 16.0. The Morgan fingerprint density at radius 2 is 1.82 bits per heavy atom. The van der Waals surface area contributed by atoms with Crippen LogP contribution in [0.25, 0.3) is 10.9 Å². The summed E-state index contributed by atoms with van der Waals surface area (Å²) in [7, 11) is 0. The van der Waals surface area contributed by atoms with Gasteiger partial charge in [0.2, 0.25) is 0 Å². The number of hydrogen-bond donors (Lipinski definition) is 1. The fourth-order valence-electron chi connectivity index (χ4n) is 4.43. The zero-order valence-electron chi connectivity index (χ0n) is 19.3. The number of aromatic nitrogens is 3. The van der Waals surface area contributed by atoms with Crippen LogP contribution in [0, 0.1) is 20.8 Å². The molecule has 1 fully saturated rings. The van der Waals surface area contributed by atoms with Crippen molar-refractivity contribution < 1.29 is 9.53 Å². The molecular formula is C27H28N4O2. The number of pyridine rings is 1. The summed E-state index contributed by atoms with van der Waals surface area (Å²) in [6.07, 6.45) is 0.580. The lowest BCUT2D eigenvalue weighted by molar-refractivity contribution is -0.0249. The smallest absolute Gasteiger partial charge is 0.275 e. The van der Waals surface area contributed by atoms with Crippen LogP contribution in [-0.2, 0) is 11.2 Å². The molecule has 0 aliphatic carbocycles. The van der Waals surface area contributed by atoms with E-state index >= 15 is 0 Å². The molecule has 1 saturated heterocycles. The minimum Gasteiger partial charge on any atom is -0.368 e. The fraction of sp³-hybridized carbons (Fsp3) is 0.296. The van der Waals surface area contributed by atoms with Crippen molar-refractivity contribution in [1.29, 1.82) is 0 Å². The summed E-state index contributed by atoms with van der Waals surface area (Å²) in [5.41, 5.74) is 7.98. The normalized spacial score (nSPS) is 16.3. The van der Waals surface area contributed by atoms with Crippen molar-refractivity contribution in [3.8, 4) is 0 Å². The number of hydrogen-bond acceptors (Lipinski definition) is 4. The van der Waals surface area contributed by atoms with Crippen molar-refractivity contribution in [2.75, 3.05) is 19.7 Å². The van der Waals surface area contributed by atoms with Crippen LogP contribution in [0.15, 0.2) is 54.6 Å². The van der Waals surface area contributed by atoms with Crippen LogP contribution in [0.2, 0.25) is 0 Å². The predicted molar refractivity (Wildman–Crippen MR) is 128 cm³/mol. The molecule has 5 rings (SSSR count). The van der Waals surface area contributed by atoms with E-state index in [1.54, 1.807) is 0 Å². The highest BCUT2D eigenvalue weighted by Crippen LogP contribution is 2.26. The largest absolute Gasteiger partial charge is 0.368 e. The van der Waals surface area contributed by atoms with E-state index in [-0.39, 0.29) is 12.0 Å². The van der Waals surface area contributed by atoms with Crippen LogP contribution in [0.3, 0.4) is 0 Å². The summed E-state index contributed by atoms with van der Waals surface area (Å²) in [6.45, 7) is 7.59. The highest BCUT2D eigenvalue weighted by atomic mass is 16.5. The van der Waals surface area contributed by atoms with Crippen LogP contribution < -0.4 is 0 Å². The summed E-state index contributed by atoms with van der Waals surface area (Å²) >= 11 is 0. The number of ether oxygens (including phenoxy) is 1. The molecule has 1 aliphatic heterocycles. The lowest BCUT2D eigenvalue weighted by Gasteiger charge is -2.32. The Morgan fingerprint density at radius 3 is 2.64 bits per heavy atom. The van der Waals surface area contributed by atoms with Crippen LogP contribution in [0.4, 0.5) is 0 Å². The van der Waals surface area contributed by atoms with Gasteiger partial charge in [0.15, 0.2) is 5.69 Å². The number of carbonyl (C=O) groups excluding carboxylic acids is 1. The Hall–Kier alpha value is -3.51. The van der Waals surface area contributed by atoms with E-state index in [0.29, 0.717) is 25.4 Å². The highest BCUT2D eigenvalue weighted by molar-refractivity contribution is 6.04. The maximum absolute atomic E-state index is 13.3. The number of aromatic amines is 1. The van der Waals surface area contributed by atoms with Gasteiger partial charge in [0.1, 0.15) is 6.10 Å². The Kier molecular flexibility index (Phi) is 5.68. The zero-order chi connectivity index (χ0) is 22.9. The van der Waals surface area contributed by atoms with Crippen LogP contribution in [-0.4, -0.2) is 45.7 Å². The number of rotatable bonds is 4. The van der Waals surface area contributed by atoms with E-state index < -0.39 is 0 Å². The Labute approximate surface area is 193 Å². The monoisotopic (exact) mass is 440 g/mol. The van der Waals surface area contributed by atoms with Gasteiger partial charge >= 0.3 is 0 Å². The average molecular weight is 441 g/mol. The quantitative estimate of drug-likeness (QED) is 0.500. The van der Waals surface area contributed by atoms with Crippen LogP contribution >= 0.6 is 0 Å². The third-order valence-corrected chi connectivity index (χ3v) is 6.17. The molecule has 1 aliphatic rings. The molecule has 33 heavy (non-hydrogen) atoms. The minimum atomic E-state index is -0.258. The molecule has 1 atom stereocenters. The topological polar surface area (TPSA) is 71.1 Å². The average Bonchev–Trinajstić information content (AvgIpc) is 3.23. The molecule has 1 amide bonds. The molecule has 0 bridgehead atoms. The second-order valence-corrected chi connectivity index (χ2v) is 8.94. The van der Waals surface area contributed by atoms with E-state index in [0.717, 1.165) is 34.3 Å². The number of fused-ring (bicyclic) bond motifs is 1. The van der Waals surface area contributed by atoms with Crippen LogP contribution in [0.1, 0.15) is 50.2 Å². The summed E-state index contributed by atoms with van der Waals surface area (Å²) < 4.78 is 6.06. The molecule has 3 heterocycles. The Bertz CT molecular complexity index is 1310. The molecule has 0 radical (unpaired) electrons. The third kappa shape index (κ3) is 4.52. The minimum absolute atomic E-state index is 0.0762. The number of benzene rings is 2. The molecule has 4 aromatic rings. The number of morpholine rings is 1. The van der Waals surface area contributed by atoms with Gasteiger partial charge in [-0.25, -0.2) is 0 Å². The standard InChI is InChI=1S/C27H28N4O2/c1-17-4-7-20(8-5-17)14-21-13-19(3)28-24(15-21)25-16-31(10-11-33-25)27(32)26-22-12-18(2)6-9-23(22)29-30-26/h4-9,12-13,15,25H,10-11,14,16H2,1-3H3,(H,29,30)/t25-/m0/s1. The molecule has 0 saturated carbocycles.